The molecule has 0 bridgehead atoms. The number of nitrogens with one attached hydrogen (secondary N) is 1. The molecular formula is C17H16ClN3. The van der Waals surface area contributed by atoms with E-state index in [2.05, 4.69) is 29.3 Å². The van der Waals surface area contributed by atoms with Crippen molar-refractivity contribution in [3.8, 4) is 22.4 Å². The molecule has 106 valence electrons. The molecule has 3 nitrogen and oxygen atoms in total. The molecule has 0 aliphatic heterocycles. The van der Waals surface area contributed by atoms with E-state index in [1.165, 1.54) is 5.56 Å². The van der Waals surface area contributed by atoms with Gasteiger partial charge in [-0.2, -0.15) is 5.10 Å². The number of aryl methyl sites for hydroxylation is 2. The van der Waals surface area contributed by atoms with Gasteiger partial charge in [0.2, 0.25) is 0 Å². The average Bonchev–Trinajstić information content (AvgIpc) is 2.85. The van der Waals surface area contributed by atoms with Crippen molar-refractivity contribution in [1.29, 1.82) is 0 Å². The number of halogens is 1. The van der Waals surface area contributed by atoms with Crippen LogP contribution in [-0.4, -0.2) is 10.2 Å². The van der Waals surface area contributed by atoms with Crippen molar-refractivity contribution in [2.45, 2.75) is 13.8 Å². The molecule has 0 amide bonds. The minimum atomic E-state index is 0.478. The molecule has 2 aromatic carbocycles. The lowest BCUT2D eigenvalue weighted by atomic mass is 9.99. The number of benzene rings is 2. The second-order valence-corrected chi connectivity index (χ2v) is 5.54. The van der Waals surface area contributed by atoms with E-state index in [4.69, 9.17) is 17.3 Å². The van der Waals surface area contributed by atoms with E-state index in [1.54, 1.807) is 0 Å². The zero-order valence-electron chi connectivity index (χ0n) is 11.9. The normalized spacial score (nSPS) is 10.8. The van der Waals surface area contributed by atoms with Crippen LogP contribution in [-0.2, 0) is 0 Å². The van der Waals surface area contributed by atoms with Crippen LogP contribution in [0.15, 0.2) is 42.5 Å². The van der Waals surface area contributed by atoms with Crippen molar-refractivity contribution < 1.29 is 0 Å². The number of rotatable bonds is 2. The Kier molecular flexibility index (Phi) is 3.43. The van der Waals surface area contributed by atoms with Gasteiger partial charge in [0.1, 0.15) is 0 Å². The third-order valence-corrected chi connectivity index (χ3v) is 4.10. The summed E-state index contributed by atoms with van der Waals surface area (Å²) in [5.41, 5.74) is 12.0. The second-order valence-electron chi connectivity index (χ2n) is 5.16. The van der Waals surface area contributed by atoms with Crippen LogP contribution in [0.1, 0.15) is 11.1 Å². The highest BCUT2D eigenvalue weighted by Gasteiger charge is 2.17. The summed E-state index contributed by atoms with van der Waals surface area (Å²) in [7, 11) is 0. The van der Waals surface area contributed by atoms with Gasteiger partial charge in [-0.05, 0) is 25.0 Å². The Bertz CT molecular complexity index is 788. The highest BCUT2D eigenvalue weighted by molar-refractivity contribution is 6.34. The van der Waals surface area contributed by atoms with E-state index in [1.807, 2.05) is 37.3 Å². The molecule has 3 N–H and O–H groups in total. The van der Waals surface area contributed by atoms with Crippen molar-refractivity contribution >= 4 is 17.4 Å². The number of nitrogens with zero attached hydrogens (tertiary/aromatic N) is 1. The van der Waals surface area contributed by atoms with Crippen molar-refractivity contribution in [3.63, 3.8) is 0 Å². The Balaban J connectivity index is 2.22. The van der Waals surface area contributed by atoms with Gasteiger partial charge < -0.3 is 5.73 Å². The fraction of sp³-hybridized carbons (Fsp3) is 0.118. The molecule has 3 rings (SSSR count). The van der Waals surface area contributed by atoms with E-state index in [0.29, 0.717) is 5.82 Å². The lowest BCUT2D eigenvalue weighted by molar-refractivity contribution is 1.10. The van der Waals surface area contributed by atoms with Gasteiger partial charge in [-0.1, -0.05) is 59.6 Å². The highest BCUT2D eigenvalue weighted by Crippen LogP contribution is 2.38. The first-order valence-corrected chi connectivity index (χ1v) is 7.12. The Labute approximate surface area is 128 Å². The summed E-state index contributed by atoms with van der Waals surface area (Å²) < 4.78 is 0. The van der Waals surface area contributed by atoms with Gasteiger partial charge in [0.05, 0.1) is 16.3 Å². The monoisotopic (exact) mass is 297 g/mol. The van der Waals surface area contributed by atoms with Crippen molar-refractivity contribution in [2.24, 2.45) is 0 Å². The smallest absolute Gasteiger partial charge is 0.153 e. The SMILES string of the molecule is Cc1ccc(-c2c(N)n[nH]c2-c2cccc(C)c2Cl)cc1. The molecule has 0 atom stereocenters. The molecule has 3 aromatic rings. The number of H-pyrrole nitrogens is 1. The van der Waals surface area contributed by atoms with Crippen LogP contribution in [0.5, 0.6) is 0 Å². The average molecular weight is 298 g/mol. The molecule has 0 aliphatic rings. The molecule has 1 aromatic heterocycles. The maximum atomic E-state index is 6.43. The third-order valence-electron chi connectivity index (χ3n) is 3.60. The molecule has 0 fully saturated rings. The number of nitrogens with two attached hydrogens (primary N) is 1. The zero-order chi connectivity index (χ0) is 15.0. The Morgan fingerprint density at radius 3 is 2.48 bits per heavy atom. The third kappa shape index (κ3) is 2.41. The van der Waals surface area contributed by atoms with Gasteiger partial charge in [-0.15, -0.1) is 0 Å². The van der Waals surface area contributed by atoms with E-state index >= 15 is 0 Å². The zero-order valence-corrected chi connectivity index (χ0v) is 12.7. The van der Waals surface area contributed by atoms with E-state index in [9.17, 15) is 0 Å². The minimum Gasteiger partial charge on any atom is -0.382 e. The fourth-order valence-corrected chi connectivity index (χ4v) is 2.62. The molecule has 21 heavy (non-hydrogen) atoms. The fourth-order valence-electron chi connectivity index (χ4n) is 2.40. The molecule has 0 saturated carbocycles. The molecule has 0 radical (unpaired) electrons. The van der Waals surface area contributed by atoms with Crippen LogP contribution >= 0.6 is 11.6 Å². The van der Waals surface area contributed by atoms with Gasteiger partial charge in [0.25, 0.3) is 0 Å². The maximum absolute atomic E-state index is 6.43. The second kappa shape index (κ2) is 5.26. The first-order chi connectivity index (χ1) is 10.1. The topological polar surface area (TPSA) is 54.7 Å². The summed E-state index contributed by atoms with van der Waals surface area (Å²) in [6.07, 6.45) is 0. The Morgan fingerprint density at radius 1 is 1.05 bits per heavy atom. The van der Waals surface area contributed by atoms with Crippen molar-refractivity contribution in [1.82, 2.24) is 10.2 Å². The van der Waals surface area contributed by atoms with E-state index in [-0.39, 0.29) is 0 Å². The van der Waals surface area contributed by atoms with Crippen LogP contribution in [0.3, 0.4) is 0 Å². The summed E-state index contributed by atoms with van der Waals surface area (Å²) in [4.78, 5) is 0. The number of aromatic amines is 1. The predicted molar refractivity (Wildman–Crippen MR) is 88.4 cm³/mol. The van der Waals surface area contributed by atoms with Gasteiger partial charge >= 0.3 is 0 Å². The predicted octanol–water partition coefficient (Wildman–Crippen LogP) is 4.60. The van der Waals surface area contributed by atoms with Crippen LogP contribution in [0.25, 0.3) is 22.4 Å². The molecule has 4 heteroatoms. The maximum Gasteiger partial charge on any atom is 0.153 e. The van der Waals surface area contributed by atoms with Crippen LogP contribution < -0.4 is 5.73 Å². The first-order valence-electron chi connectivity index (χ1n) is 6.74. The summed E-state index contributed by atoms with van der Waals surface area (Å²) in [5.74, 6) is 0.478. The molecule has 0 spiro atoms. The largest absolute Gasteiger partial charge is 0.382 e. The number of nitrogen functional groups attached to an aromatic ring is 1. The summed E-state index contributed by atoms with van der Waals surface area (Å²) in [6, 6.07) is 14.1. The summed E-state index contributed by atoms with van der Waals surface area (Å²) in [5, 5.41) is 7.89. The lowest BCUT2D eigenvalue weighted by Gasteiger charge is -2.08. The first kappa shape index (κ1) is 13.7. The molecule has 0 unspecified atom stereocenters. The Hall–Kier alpha value is -2.26. The number of hydrogen-bond donors (Lipinski definition) is 2. The van der Waals surface area contributed by atoms with Gasteiger partial charge in [-0.3, -0.25) is 5.10 Å². The van der Waals surface area contributed by atoms with E-state index in [0.717, 1.165) is 33.0 Å². The number of hydrogen-bond acceptors (Lipinski definition) is 2. The van der Waals surface area contributed by atoms with Crippen LogP contribution in [0.2, 0.25) is 5.02 Å². The molecule has 0 aliphatic carbocycles. The standard InChI is InChI=1S/C17H16ClN3/c1-10-6-8-12(9-7-10)14-16(20-21-17(14)19)13-5-3-4-11(2)15(13)18/h3-9H,1-2H3,(H3,19,20,21). The van der Waals surface area contributed by atoms with E-state index < -0.39 is 0 Å². The lowest BCUT2D eigenvalue weighted by Crippen LogP contribution is -1.90. The van der Waals surface area contributed by atoms with Gasteiger partial charge in [-0.25, -0.2) is 0 Å². The number of anilines is 1. The summed E-state index contributed by atoms with van der Waals surface area (Å²) >= 11 is 6.43. The number of aromatic nitrogens is 2. The molecule has 0 saturated heterocycles. The van der Waals surface area contributed by atoms with Gasteiger partial charge in [0, 0.05) is 5.56 Å². The quantitative estimate of drug-likeness (QED) is 0.726. The summed E-state index contributed by atoms with van der Waals surface area (Å²) in [6.45, 7) is 4.04. The molecular weight excluding hydrogens is 282 g/mol. The Morgan fingerprint density at radius 2 is 1.76 bits per heavy atom. The minimum absolute atomic E-state index is 0.478. The van der Waals surface area contributed by atoms with Crippen molar-refractivity contribution in [3.05, 3.63) is 58.6 Å². The van der Waals surface area contributed by atoms with Crippen LogP contribution in [0.4, 0.5) is 5.82 Å². The molecule has 1 heterocycles. The highest BCUT2D eigenvalue weighted by atomic mass is 35.5. The van der Waals surface area contributed by atoms with Gasteiger partial charge in [0.15, 0.2) is 5.82 Å². The van der Waals surface area contributed by atoms with Crippen LogP contribution in [0, 0.1) is 13.8 Å². The van der Waals surface area contributed by atoms with Crippen molar-refractivity contribution in [2.75, 3.05) is 5.73 Å².